The van der Waals surface area contributed by atoms with E-state index in [0.29, 0.717) is 6.04 Å². The normalized spacial score (nSPS) is 12.6. The van der Waals surface area contributed by atoms with Gasteiger partial charge in [0.1, 0.15) is 0 Å². The van der Waals surface area contributed by atoms with Crippen molar-refractivity contribution in [2.24, 2.45) is 0 Å². The predicted molar refractivity (Wildman–Crippen MR) is 76.0 cm³/mol. The van der Waals surface area contributed by atoms with Crippen LogP contribution in [0.5, 0.6) is 0 Å². The lowest BCUT2D eigenvalue weighted by Crippen LogP contribution is -2.25. The molecule has 2 nitrogen and oxygen atoms in total. The average Bonchev–Trinajstić information content (AvgIpc) is 2.31. The Hall–Kier alpha value is -1.02. The third-order valence-corrected chi connectivity index (χ3v) is 3.37. The van der Waals surface area contributed by atoms with Gasteiger partial charge in [-0.3, -0.25) is 0 Å². The molecule has 1 aromatic carbocycles. The van der Waals surface area contributed by atoms with E-state index in [1.165, 1.54) is 36.8 Å². The van der Waals surface area contributed by atoms with E-state index >= 15 is 0 Å². The second-order valence-corrected chi connectivity index (χ2v) is 4.91. The lowest BCUT2D eigenvalue weighted by Gasteiger charge is -2.15. The van der Waals surface area contributed by atoms with Gasteiger partial charge in [-0.2, -0.15) is 0 Å². The van der Waals surface area contributed by atoms with E-state index < -0.39 is 0 Å². The Labute approximate surface area is 106 Å². The van der Waals surface area contributed by atoms with Crippen LogP contribution in [0.1, 0.15) is 50.7 Å². The first-order chi connectivity index (χ1) is 8.15. The molecule has 1 unspecified atom stereocenters. The van der Waals surface area contributed by atoms with Crippen molar-refractivity contribution < 1.29 is 0 Å². The topological polar surface area (TPSA) is 38.0 Å². The van der Waals surface area contributed by atoms with E-state index in [1.807, 2.05) is 12.1 Å². The molecule has 0 amide bonds. The number of nitrogen functional groups attached to an aromatic ring is 1. The SMILES string of the molecule is CCCCCC(C)NCc1cccc(N)c1C. The molecule has 0 aliphatic rings. The van der Waals surface area contributed by atoms with Gasteiger partial charge in [-0.25, -0.2) is 0 Å². The molecule has 0 heterocycles. The lowest BCUT2D eigenvalue weighted by molar-refractivity contribution is 0.487. The molecule has 0 aliphatic heterocycles. The fourth-order valence-corrected chi connectivity index (χ4v) is 1.98. The van der Waals surface area contributed by atoms with Crippen LogP contribution in [0.3, 0.4) is 0 Å². The summed E-state index contributed by atoms with van der Waals surface area (Å²) in [6, 6.07) is 6.73. The fourth-order valence-electron chi connectivity index (χ4n) is 1.98. The van der Waals surface area contributed by atoms with Crippen LogP contribution in [0.4, 0.5) is 5.69 Å². The van der Waals surface area contributed by atoms with Crippen molar-refractivity contribution in [2.45, 2.75) is 59.0 Å². The van der Waals surface area contributed by atoms with Crippen molar-refractivity contribution in [3.63, 3.8) is 0 Å². The maximum atomic E-state index is 5.90. The standard InChI is InChI=1S/C15H26N2/c1-4-5-6-8-12(2)17-11-14-9-7-10-15(16)13(14)3/h7,9-10,12,17H,4-6,8,11,16H2,1-3H3. The first-order valence-electron chi connectivity index (χ1n) is 6.72. The maximum Gasteiger partial charge on any atom is 0.0346 e. The van der Waals surface area contributed by atoms with E-state index in [1.54, 1.807) is 0 Å². The zero-order valence-corrected chi connectivity index (χ0v) is 11.4. The summed E-state index contributed by atoms with van der Waals surface area (Å²) in [5.41, 5.74) is 9.31. The second-order valence-electron chi connectivity index (χ2n) is 4.91. The van der Waals surface area contributed by atoms with Gasteiger partial charge in [0.05, 0.1) is 0 Å². The van der Waals surface area contributed by atoms with Crippen molar-refractivity contribution in [1.82, 2.24) is 5.32 Å². The molecule has 2 heteroatoms. The van der Waals surface area contributed by atoms with Gasteiger partial charge in [-0.15, -0.1) is 0 Å². The van der Waals surface area contributed by atoms with E-state index in [0.717, 1.165) is 12.2 Å². The Bertz CT molecular complexity index is 334. The van der Waals surface area contributed by atoms with Crippen LogP contribution in [0.15, 0.2) is 18.2 Å². The molecule has 1 atom stereocenters. The highest BCUT2D eigenvalue weighted by Gasteiger charge is 2.04. The zero-order valence-electron chi connectivity index (χ0n) is 11.4. The number of nitrogens with one attached hydrogen (secondary N) is 1. The number of unbranched alkanes of at least 4 members (excludes halogenated alkanes) is 2. The Kier molecular flexibility index (Phi) is 6.06. The third kappa shape index (κ3) is 4.78. The number of anilines is 1. The summed E-state index contributed by atoms with van der Waals surface area (Å²) < 4.78 is 0. The summed E-state index contributed by atoms with van der Waals surface area (Å²) in [5.74, 6) is 0. The van der Waals surface area contributed by atoms with Gasteiger partial charge in [0.2, 0.25) is 0 Å². The Morgan fingerprint density at radius 1 is 1.29 bits per heavy atom. The molecular weight excluding hydrogens is 208 g/mol. The predicted octanol–water partition coefficient (Wildman–Crippen LogP) is 3.64. The van der Waals surface area contributed by atoms with Gasteiger partial charge in [-0.1, -0.05) is 38.3 Å². The summed E-state index contributed by atoms with van der Waals surface area (Å²) in [5, 5.41) is 3.57. The molecule has 0 bridgehead atoms. The monoisotopic (exact) mass is 234 g/mol. The molecular formula is C15H26N2. The molecule has 0 fully saturated rings. The van der Waals surface area contributed by atoms with Crippen LogP contribution in [-0.4, -0.2) is 6.04 Å². The molecule has 1 rings (SSSR count). The lowest BCUT2D eigenvalue weighted by atomic mass is 10.1. The highest BCUT2D eigenvalue weighted by molar-refractivity contribution is 5.49. The van der Waals surface area contributed by atoms with Gasteiger partial charge in [0.25, 0.3) is 0 Å². The second kappa shape index (κ2) is 7.33. The highest BCUT2D eigenvalue weighted by atomic mass is 14.9. The number of benzene rings is 1. The minimum absolute atomic E-state index is 0.586. The first kappa shape index (κ1) is 14.0. The Balaban J connectivity index is 2.37. The first-order valence-corrected chi connectivity index (χ1v) is 6.72. The van der Waals surface area contributed by atoms with Gasteiger partial charge >= 0.3 is 0 Å². The number of rotatable bonds is 7. The number of hydrogen-bond acceptors (Lipinski definition) is 2. The largest absolute Gasteiger partial charge is 0.399 e. The zero-order chi connectivity index (χ0) is 12.7. The minimum atomic E-state index is 0.586. The van der Waals surface area contributed by atoms with E-state index in [4.69, 9.17) is 5.73 Å². The molecule has 0 spiro atoms. The average molecular weight is 234 g/mol. The molecule has 0 radical (unpaired) electrons. The molecule has 0 saturated carbocycles. The smallest absolute Gasteiger partial charge is 0.0346 e. The third-order valence-electron chi connectivity index (χ3n) is 3.37. The molecule has 1 aromatic rings. The van der Waals surface area contributed by atoms with Gasteiger partial charge < -0.3 is 11.1 Å². The van der Waals surface area contributed by atoms with Gasteiger partial charge in [0.15, 0.2) is 0 Å². The highest BCUT2D eigenvalue weighted by Crippen LogP contribution is 2.15. The Morgan fingerprint density at radius 2 is 2.06 bits per heavy atom. The summed E-state index contributed by atoms with van der Waals surface area (Å²) in [4.78, 5) is 0. The van der Waals surface area contributed by atoms with E-state index in [2.05, 4.69) is 32.2 Å². The Morgan fingerprint density at radius 3 is 2.76 bits per heavy atom. The number of nitrogens with two attached hydrogens (primary N) is 1. The van der Waals surface area contributed by atoms with E-state index in [9.17, 15) is 0 Å². The molecule has 0 aromatic heterocycles. The van der Waals surface area contributed by atoms with Crippen LogP contribution in [0.25, 0.3) is 0 Å². The summed E-state index contributed by atoms with van der Waals surface area (Å²) in [6.45, 7) is 7.52. The maximum absolute atomic E-state index is 5.90. The molecule has 0 saturated heterocycles. The van der Waals surface area contributed by atoms with Gasteiger partial charge in [-0.05, 0) is 37.5 Å². The summed E-state index contributed by atoms with van der Waals surface area (Å²) in [6.07, 6.45) is 5.21. The van der Waals surface area contributed by atoms with Crippen molar-refractivity contribution in [1.29, 1.82) is 0 Å². The number of hydrogen-bond donors (Lipinski definition) is 2. The summed E-state index contributed by atoms with van der Waals surface area (Å²) >= 11 is 0. The van der Waals surface area contributed by atoms with Crippen LogP contribution in [0.2, 0.25) is 0 Å². The minimum Gasteiger partial charge on any atom is -0.399 e. The van der Waals surface area contributed by atoms with Crippen molar-refractivity contribution in [2.75, 3.05) is 5.73 Å². The quantitative estimate of drug-likeness (QED) is 0.558. The fraction of sp³-hybridized carbons (Fsp3) is 0.600. The molecule has 0 aliphatic carbocycles. The van der Waals surface area contributed by atoms with Crippen LogP contribution < -0.4 is 11.1 Å². The van der Waals surface area contributed by atoms with Crippen LogP contribution in [0, 0.1) is 6.92 Å². The van der Waals surface area contributed by atoms with Crippen molar-refractivity contribution in [3.8, 4) is 0 Å². The van der Waals surface area contributed by atoms with Crippen LogP contribution in [-0.2, 0) is 6.54 Å². The molecule has 3 N–H and O–H groups in total. The van der Waals surface area contributed by atoms with E-state index in [-0.39, 0.29) is 0 Å². The van der Waals surface area contributed by atoms with Crippen LogP contribution >= 0.6 is 0 Å². The summed E-state index contributed by atoms with van der Waals surface area (Å²) in [7, 11) is 0. The van der Waals surface area contributed by atoms with Gasteiger partial charge in [0, 0.05) is 18.3 Å². The molecule has 17 heavy (non-hydrogen) atoms. The van der Waals surface area contributed by atoms with Crippen molar-refractivity contribution in [3.05, 3.63) is 29.3 Å². The molecule has 96 valence electrons. The van der Waals surface area contributed by atoms with Crippen molar-refractivity contribution >= 4 is 5.69 Å².